The van der Waals surface area contributed by atoms with E-state index >= 15 is 0 Å². The van der Waals surface area contributed by atoms with E-state index in [-0.39, 0.29) is 0 Å². The molecule has 0 bridgehead atoms. The van der Waals surface area contributed by atoms with Crippen molar-refractivity contribution in [2.75, 3.05) is 38.7 Å². The minimum absolute atomic E-state index is 0.442. The maximum absolute atomic E-state index is 3.63. The van der Waals surface area contributed by atoms with Crippen molar-refractivity contribution in [2.45, 2.75) is 59.4 Å². The Morgan fingerprint density at radius 1 is 1.21 bits per heavy atom. The zero-order chi connectivity index (χ0) is 14.7. The molecule has 0 aromatic heterocycles. The Labute approximate surface area is 126 Å². The highest BCUT2D eigenvalue weighted by Crippen LogP contribution is 2.27. The zero-order valence-corrected chi connectivity index (χ0v) is 14.9. The van der Waals surface area contributed by atoms with Crippen LogP contribution in [0.15, 0.2) is 0 Å². The summed E-state index contributed by atoms with van der Waals surface area (Å²) in [7, 11) is 2.30. The predicted molar refractivity (Wildman–Crippen MR) is 91.3 cm³/mol. The third kappa shape index (κ3) is 7.57. The fourth-order valence-electron chi connectivity index (χ4n) is 2.50. The minimum atomic E-state index is 0.442. The van der Waals surface area contributed by atoms with Crippen LogP contribution in [0.3, 0.4) is 0 Å². The van der Waals surface area contributed by atoms with Gasteiger partial charge >= 0.3 is 0 Å². The van der Waals surface area contributed by atoms with Gasteiger partial charge in [0.25, 0.3) is 0 Å². The molecule has 0 spiro atoms. The average molecular weight is 289 g/mol. The molecule has 0 rings (SSSR count). The average Bonchev–Trinajstić information content (AvgIpc) is 2.43. The molecule has 0 aromatic rings. The molecule has 0 aromatic carbocycles. The lowest BCUT2D eigenvalue weighted by molar-refractivity contribution is 0.126. The Bertz CT molecular complexity index is 205. The molecule has 0 aliphatic rings. The minimum Gasteiger partial charge on any atom is -0.316 e. The highest BCUT2D eigenvalue weighted by Gasteiger charge is 2.28. The van der Waals surface area contributed by atoms with E-state index in [4.69, 9.17) is 0 Å². The van der Waals surface area contributed by atoms with Gasteiger partial charge in [0, 0.05) is 19.1 Å². The molecule has 0 radical (unpaired) electrons. The van der Waals surface area contributed by atoms with Crippen LogP contribution in [0.2, 0.25) is 0 Å². The van der Waals surface area contributed by atoms with Crippen molar-refractivity contribution in [3.8, 4) is 0 Å². The molecule has 1 N–H and O–H groups in total. The van der Waals surface area contributed by atoms with E-state index in [1.807, 2.05) is 11.8 Å². The Hall–Kier alpha value is 0.270. The molecule has 0 fully saturated rings. The molecule has 1 atom stereocenters. The molecular formula is C16H36N2S. The normalized spacial score (nSPS) is 14.1. The van der Waals surface area contributed by atoms with Gasteiger partial charge in [-0.2, -0.15) is 11.8 Å². The summed E-state index contributed by atoms with van der Waals surface area (Å²) in [5.41, 5.74) is 0.442. The van der Waals surface area contributed by atoms with E-state index in [2.05, 4.69) is 51.2 Å². The molecule has 0 amide bonds. The van der Waals surface area contributed by atoms with Crippen LogP contribution in [0.4, 0.5) is 0 Å². The summed E-state index contributed by atoms with van der Waals surface area (Å²) in [6.07, 6.45) is 7.25. The van der Waals surface area contributed by atoms with Gasteiger partial charge in [-0.3, -0.25) is 0 Å². The van der Waals surface area contributed by atoms with Crippen LogP contribution in [0.1, 0.15) is 53.4 Å². The topological polar surface area (TPSA) is 15.3 Å². The van der Waals surface area contributed by atoms with Gasteiger partial charge in [0.1, 0.15) is 0 Å². The second kappa shape index (κ2) is 11.0. The Kier molecular flexibility index (Phi) is 11.1. The SMILES string of the molecule is CCCNCC(CC)(CC)CN(C)C(C)CCSC. The summed E-state index contributed by atoms with van der Waals surface area (Å²) in [4.78, 5) is 2.57. The number of nitrogens with one attached hydrogen (secondary N) is 1. The lowest BCUT2D eigenvalue weighted by Gasteiger charge is -2.38. The van der Waals surface area contributed by atoms with E-state index in [1.165, 1.54) is 38.0 Å². The van der Waals surface area contributed by atoms with Crippen molar-refractivity contribution < 1.29 is 0 Å². The number of hydrogen-bond donors (Lipinski definition) is 1. The first kappa shape index (κ1) is 19.3. The molecule has 0 heterocycles. The smallest absolute Gasteiger partial charge is 0.00719 e. The number of rotatable bonds is 12. The lowest BCUT2D eigenvalue weighted by Crippen LogP contribution is -2.45. The third-order valence-electron chi connectivity index (χ3n) is 4.50. The second-order valence-electron chi connectivity index (χ2n) is 5.93. The molecule has 2 nitrogen and oxygen atoms in total. The van der Waals surface area contributed by atoms with Crippen molar-refractivity contribution in [1.29, 1.82) is 0 Å². The highest BCUT2D eigenvalue weighted by molar-refractivity contribution is 7.98. The maximum atomic E-state index is 3.63. The van der Waals surface area contributed by atoms with Gasteiger partial charge in [0.05, 0.1) is 0 Å². The molecule has 0 aliphatic heterocycles. The van der Waals surface area contributed by atoms with Crippen LogP contribution in [-0.2, 0) is 0 Å². The van der Waals surface area contributed by atoms with Crippen LogP contribution >= 0.6 is 11.8 Å². The summed E-state index contributed by atoms with van der Waals surface area (Å²) < 4.78 is 0. The van der Waals surface area contributed by atoms with Crippen molar-refractivity contribution in [3.63, 3.8) is 0 Å². The van der Waals surface area contributed by atoms with Crippen molar-refractivity contribution in [2.24, 2.45) is 5.41 Å². The monoisotopic (exact) mass is 288 g/mol. The zero-order valence-electron chi connectivity index (χ0n) is 14.1. The Balaban J connectivity index is 4.37. The molecule has 19 heavy (non-hydrogen) atoms. The second-order valence-corrected chi connectivity index (χ2v) is 6.92. The van der Waals surface area contributed by atoms with E-state index in [1.54, 1.807) is 0 Å². The summed E-state index contributed by atoms with van der Waals surface area (Å²) in [5.74, 6) is 1.27. The number of nitrogens with zero attached hydrogens (tertiary/aromatic N) is 1. The molecule has 0 saturated carbocycles. The predicted octanol–water partition coefficient (Wildman–Crippen LogP) is 3.87. The van der Waals surface area contributed by atoms with E-state index < -0.39 is 0 Å². The Morgan fingerprint density at radius 3 is 2.32 bits per heavy atom. The summed E-state index contributed by atoms with van der Waals surface area (Å²) >= 11 is 1.95. The molecule has 0 aliphatic carbocycles. The highest BCUT2D eigenvalue weighted by atomic mass is 32.2. The molecular weight excluding hydrogens is 252 g/mol. The number of hydrogen-bond acceptors (Lipinski definition) is 3. The van der Waals surface area contributed by atoms with Gasteiger partial charge in [-0.05, 0) is 63.6 Å². The Morgan fingerprint density at radius 2 is 1.84 bits per heavy atom. The van der Waals surface area contributed by atoms with Gasteiger partial charge in [0.15, 0.2) is 0 Å². The lowest BCUT2D eigenvalue weighted by atomic mass is 9.81. The fourth-order valence-corrected chi connectivity index (χ4v) is 3.08. The summed E-state index contributed by atoms with van der Waals surface area (Å²) in [6.45, 7) is 12.8. The van der Waals surface area contributed by atoms with Crippen LogP contribution < -0.4 is 5.32 Å². The van der Waals surface area contributed by atoms with Crippen LogP contribution in [0.25, 0.3) is 0 Å². The van der Waals surface area contributed by atoms with Crippen LogP contribution in [-0.4, -0.2) is 49.6 Å². The maximum Gasteiger partial charge on any atom is 0.00719 e. The quantitative estimate of drug-likeness (QED) is 0.549. The van der Waals surface area contributed by atoms with E-state index in [0.717, 1.165) is 13.1 Å². The standard InChI is InChI=1S/C16H36N2S/c1-7-11-17-13-16(8-2,9-3)14-18(5)15(4)10-12-19-6/h15,17H,7-14H2,1-6H3. The first-order valence-corrected chi connectivity index (χ1v) is 9.34. The van der Waals surface area contributed by atoms with Crippen molar-refractivity contribution in [3.05, 3.63) is 0 Å². The summed E-state index contributed by atoms with van der Waals surface area (Å²) in [6, 6.07) is 0.691. The molecule has 3 heteroatoms. The number of thioether (sulfide) groups is 1. The third-order valence-corrected chi connectivity index (χ3v) is 5.15. The van der Waals surface area contributed by atoms with Gasteiger partial charge in [-0.25, -0.2) is 0 Å². The van der Waals surface area contributed by atoms with Crippen molar-refractivity contribution >= 4 is 11.8 Å². The van der Waals surface area contributed by atoms with E-state index in [9.17, 15) is 0 Å². The van der Waals surface area contributed by atoms with Gasteiger partial charge in [-0.15, -0.1) is 0 Å². The van der Waals surface area contributed by atoms with Crippen LogP contribution in [0.5, 0.6) is 0 Å². The molecule has 1 unspecified atom stereocenters. The van der Waals surface area contributed by atoms with Crippen LogP contribution in [0, 0.1) is 5.41 Å². The summed E-state index contributed by atoms with van der Waals surface area (Å²) in [5, 5.41) is 3.63. The largest absolute Gasteiger partial charge is 0.316 e. The van der Waals surface area contributed by atoms with Gasteiger partial charge in [0.2, 0.25) is 0 Å². The molecule has 116 valence electrons. The molecule has 0 saturated heterocycles. The first-order valence-electron chi connectivity index (χ1n) is 7.95. The van der Waals surface area contributed by atoms with E-state index in [0.29, 0.717) is 11.5 Å². The van der Waals surface area contributed by atoms with Gasteiger partial charge < -0.3 is 10.2 Å². The van der Waals surface area contributed by atoms with Crippen molar-refractivity contribution in [1.82, 2.24) is 10.2 Å². The first-order chi connectivity index (χ1) is 9.05. The van der Waals surface area contributed by atoms with Gasteiger partial charge in [-0.1, -0.05) is 20.8 Å². The fraction of sp³-hybridized carbons (Fsp3) is 1.00.